The molecule has 9 heteroatoms. The maximum absolute atomic E-state index is 12.9. The second-order valence-corrected chi connectivity index (χ2v) is 7.52. The SMILES string of the molecule is COC(=O)c1ccc(C(=O)Nc2ccc(Cl)cc2C(=O)NCc2ccc3c(c2)OCO3)cc1. The topological polar surface area (TPSA) is 103 Å². The molecule has 8 nitrogen and oxygen atoms in total. The van der Waals surface area contributed by atoms with Crippen molar-refractivity contribution < 1.29 is 28.6 Å². The molecule has 0 atom stereocenters. The van der Waals surface area contributed by atoms with E-state index in [-0.39, 0.29) is 18.9 Å². The lowest BCUT2D eigenvalue weighted by atomic mass is 10.1. The summed E-state index contributed by atoms with van der Waals surface area (Å²) in [6.45, 7) is 0.409. The van der Waals surface area contributed by atoms with Gasteiger partial charge in [-0.1, -0.05) is 17.7 Å². The molecule has 0 bridgehead atoms. The first kappa shape index (κ1) is 22.2. The van der Waals surface area contributed by atoms with Crippen molar-refractivity contribution in [1.82, 2.24) is 5.32 Å². The highest BCUT2D eigenvalue weighted by Crippen LogP contribution is 2.32. The van der Waals surface area contributed by atoms with Gasteiger partial charge in [0, 0.05) is 17.1 Å². The van der Waals surface area contributed by atoms with Crippen molar-refractivity contribution in [2.45, 2.75) is 6.54 Å². The summed E-state index contributed by atoms with van der Waals surface area (Å²) >= 11 is 6.09. The van der Waals surface area contributed by atoms with E-state index >= 15 is 0 Å². The van der Waals surface area contributed by atoms with Gasteiger partial charge in [0.1, 0.15) is 0 Å². The van der Waals surface area contributed by atoms with Crippen LogP contribution in [0.1, 0.15) is 36.6 Å². The van der Waals surface area contributed by atoms with E-state index in [1.54, 1.807) is 24.3 Å². The lowest BCUT2D eigenvalue weighted by Gasteiger charge is -2.13. The molecular formula is C24H19ClN2O6. The number of hydrogen-bond donors (Lipinski definition) is 2. The minimum atomic E-state index is -0.499. The summed E-state index contributed by atoms with van der Waals surface area (Å²) in [6, 6.07) is 16.0. The number of nitrogens with one attached hydrogen (secondary N) is 2. The predicted molar refractivity (Wildman–Crippen MR) is 121 cm³/mol. The number of halogens is 1. The number of hydrogen-bond acceptors (Lipinski definition) is 6. The Morgan fingerprint density at radius 1 is 0.909 bits per heavy atom. The Kier molecular flexibility index (Phi) is 6.46. The van der Waals surface area contributed by atoms with Gasteiger partial charge in [-0.05, 0) is 60.2 Å². The Morgan fingerprint density at radius 2 is 1.64 bits per heavy atom. The molecule has 0 unspecified atom stereocenters. The maximum Gasteiger partial charge on any atom is 0.337 e. The molecule has 0 saturated heterocycles. The van der Waals surface area contributed by atoms with Crippen LogP contribution in [0.2, 0.25) is 5.02 Å². The minimum Gasteiger partial charge on any atom is -0.465 e. The summed E-state index contributed by atoms with van der Waals surface area (Å²) in [6.07, 6.45) is 0. The lowest BCUT2D eigenvalue weighted by Crippen LogP contribution is -2.25. The molecule has 0 aromatic heterocycles. The highest BCUT2D eigenvalue weighted by atomic mass is 35.5. The highest BCUT2D eigenvalue weighted by Gasteiger charge is 2.17. The summed E-state index contributed by atoms with van der Waals surface area (Å²) in [4.78, 5) is 37.1. The van der Waals surface area contributed by atoms with E-state index in [9.17, 15) is 14.4 Å². The van der Waals surface area contributed by atoms with Crippen molar-refractivity contribution in [2.24, 2.45) is 0 Å². The Hall–Kier alpha value is -4.04. The van der Waals surface area contributed by atoms with Crippen molar-refractivity contribution in [3.63, 3.8) is 0 Å². The normalized spacial score (nSPS) is 11.6. The fraction of sp³-hybridized carbons (Fsp3) is 0.125. The number of amides is 2. The van der Waals surface area contributed by atoms with E-state index in [0.717, 1.165) is 5.56 Å². The van der Waals surface area contributed by atoms with Crippen LogP contribution >= 0.6 is 11.6 Å². The molecule has 1 heterocycles. The molecule has 3 aromatic rings. The van der Waals surface area contributed by atoms with Gasteiger partial charge < -0.3 is 24.8 Å². The van der Waals surface area contributed by atoms with Crippen LogP contribution in [0.4, 0.5) is 5.69 Å². The Bertz CT molecular complexity index is 1230. The van der Waals surface area contributed by atoms with Crippen molar-refractivity contribution in [2.75, 3.05) is 19.2 Å². The molecule has 0 radical (unpaired) electrons. The molecule has 168 valence electrons. The van der Waals surface area contributed by atoms with E-state index in [2.05, 4.69) is 15.4 Å². The number of methoxy groups -OCH3 is 1. The Morgan fingerprint density at radius 3 is 2.39 bits per heavy atom. The summed E-state index contributed by atoms with van der Waals surface area (Å²) in [5, 5.41) is 5.89. The zero-order valence-corrected chi connectivity index (χ0v) is 18.3. The molecule has 3 aromatic carbocycles. The van der Waals surface area contributed by atoms with Gasteiger partial charge in [-0.15, -0.1) is 0 Å². The lowest BCUT2D eigenvalue weighted by molar-refractivity contribution is 0.0600. The van der Waals surface area contributed by atoms with Crippen LogP contribution in [0.3, 0.4) is 0 Å². The quantitative estimate of drug-likeness (QED) is 0.531. The van der Waals surface area contributed by atoms with Gasteiger partial charge in [0.25, 0.3) is 11.8 Å². The smallest absolute Gasteiger partial charge is 0.337 e. The van der Waals surface area contributed by atoms with Crippen LogP contribution in [0.5, 0.6) is 11.5 Å². The van der Waals surface area contributed by atoms with Gasteiger partial charge in [0.2, 0.25) is 6.79 Å². The fourth-order valence-electron chi connectivity index (χ4n) is 3.21. The maximum atomic E-state index is 12.9. The van der Waals surface area contributed by atoms with Gasteiger partial charge in [-0.2, -0.15) is 0 Å². The van der Waals surface area contributed by atoms with Crippen LogP contribution in [0.15, 0.2) is 60.7 Å². The molecule has 0 fully saturated rings. The summed E-state index contributed by atoms with van der Waals surface area (Å²) in [5.74, 6) is -0.0775. The number of carbonyl (C=O) groups excluding carboxylic acids is 3. The summed E-state index contributed by atoms with van der Waals surface area (Å²) in [5.41, 5.74) is 1.96. The second kappa shape index (κ2) is 9.62. The number of ether oxygens (including phenoxy) is 3. The van der Waals surface area contributed by atoms with Gasteiger partial charge in [0.05, 0.1) is 23.9 Å². The molecular weight excluding hydrogens is 448 g/mol. The number of benzene rings is 3. The van der Waals surface area contributed by atoms with Crippen molar-refractivity contribution in [3.8, 4) is 11.5 Å². The average molecular weight is 467 g/mol. The average Bonchev–Trinajstić information content (AvgIpc) is 3.31. The Balaban J connectivity index is 1.47. The number of esters is 1. The third-order valence-electron chi connectivity index (χ3n) is 4.93. The molecule has 1 aliphatic rings. The summed E-state index contributed by atoms with van der Waals surface area (Å²) in [7, 11) is 1.28. The first-order valence-electron chi connectivity index (χ1n) is 9.90. The largest absolute Gasteiger partial charge is 0.465 e. The van der Waals surface area contributed by atoms with Gasteiger partial charge in [-0.25, -0.2) is 4.79 Å². The fourth-order valence-corrected chi connectivity index (χ4v) is 3.38. The molecule has 0 aliphatic carbocycles. The first-order chi connectivity index (χ1) is 15.9. The number of anilines is 1. The number of fused-ring (bicyclic) bond motifs is 1. The minimum absolute atomic E-state index is 0.169. The zero-order valence-electron chi connectivity index (χ0n) is 17.5. The first-order valence-corrected chi connectivity index (χ1v) is 10.3. The monoisotopic (exact) mass is 466 g/mol. The Labute approximate surface area is 194 Å². The van der Waals surface area contributed by atoms with Crippen LogP contribution in [0.25, 0.3) is 0 Å². The third kappa shape index (κ3) is 5.07. The zero-order chi connectivity index (χ0) is 23.4. The van der Waals surface area contributed by atoms with E-state index in [1.165, 1.54) is 37.4 Å². The van der Waals surface area contributed by atoms with Gasteiger partial charge in [-0.3, -0.25) is 9.59 Å². The van der Waals surface area contributed by atoms with E-state index in [0.29, 0.717) is 33.3 Å². The molecule has 0 spiro atoms. The van der Waals surface area contributed by atoms with Crippen molar-refractivity contribution >= 4 is 35.1 Å². The molecule has 1 aliphatic heterocycles. The molecule has 33 heavy (non-hydrogen) atoms. The van der Waals surface area contributed by atoms with Crippen LogP contribution in [-0.2, 0) is 11.3 Å². The van der Waals surface area contributed by atoms with E-state index < -0.39 is 17.8 Å². The van der Waals surface area contributed by atoms with Crippen molar-refractivity contribution in [1.29, 1.82) is 0 Å². The summed E-state index contributed by atoms with van der Waals surface area (Å²) < 4.78 is 15.3. The standard InChI is InChI=1S/C24H19ClN2O6/c1-31-24(30)16-5-3-15(4-6-16)22(28)27-19-8-7-17(25)11-18(19)23(29)26-12-14-2-9-20-21(10-14)33-13-32-20/h2-11H,12-13H2,1H3,(H,26,29)(H,27,28). The van der Waals surface area contributed by atoms with E-state index in [4.69, 9.17) is 21.1 Å². The van der Waals surface area contributed by atoms with Crippen LogP contribution < -0.4 is 20.1 Å². The second-order valence-electron chi connectivity index (χ2n) is 7.08. The molecule has 2 N–H and O–H groups in total. The number of rotatable bonds is 6. The highest BCUT2D eigenvalue weighted by molar-refractivity contribution is 6.31. The third-order valence-corrected chi connectivity index (χ3v) is 5.17. The van der Waals surface area contributed by atoms with Crippen molar-refractivity contribution in [3.05, 3.63) is 87.9 Å². The molecule has 0 saturated carbocycles. The molecule has 2 amide bonds. The van der Waals surface area contributed by atoms with Gasteiger partial charge >= 0.3 is 5.97 Å². The van der Waals surface area contributed by atoms with Crippen LogP contribution in [-0.4, -0.2) is 31.7 Å². The molecule has 4 rings (SSSR count). The predicted octanol–water partition coefficient (Wildman–Crippen LogP) is 4.04. The van der Waals surface area contributed by atoms with E-state index in [1.807, 2.05) is 6.07 Å². The van der Waals surface area contributed by atoms with Crippen LogP contribution in [0, 0.1) is 0 Å². The number of carbonyl (C=O) groups is 3. The van der Waals surface area contributed by atoms with Gasteiger partial charge in [0.15, 0.2) is 11.5 Å².